The predicted octanol–water partition coefficient (Wildman–Crippen LogP) is 3.67. The first-order valence-electron chi connectivity index (χ1n) is 5.32. The summed E-state index contributed by atoms with van der Waals surface area (Å²) >= 11 is 17.3. The third-order valence-electron chi connectivity index (χ3n) is 2.30. The SMILES string of the molecule is CC(CCCl)NC(=O)Cc1ccc(Cl)c(Cl)c1. The summed E-state index contributed by atoms with van der Waals surface area (Å²) in [5.41, 5.74) is 0.843. The molecule has 5 heteroatoms. The number of carbonyl (C=O) groups excluding carboxylic acids is 1. The molecule has 0 bridgehead atoms. The van der Waals surface area contributed by atoms with Crippen molar-refractivity contribution in [3.05, 3.63) is 33.8 Å². The highest BCUT2D eigenvalue weighted by Gasteiger charge is 2.08. The summed E-state index contributed by atoms with van der Waals surface area (Å²) in [6.45, 7) is 1.93. The fourth-order valence-electron chi connectivity index (χ4n) is 1.40. The summed E-state index contributed by atoms with van der Waals surface area (Å²) in [6, 6.07) is 5.27. The molecule has 0 aliphatic heterocycles. The Morgan fingerprint density at radius 1 is 1.35 bits per heavy atom. The monoisotopic (exact) mass is 293 g/mol. The molecule has 17 heavy (non-hydrogen) atoms. The summed E-state index contributed by atoms with van der Waals surface area (Å²) < 4.78 is 0. The molecule has 0 radical (unpaired) electrons. The van der Waals surface area contributed by atoms with Gasteiger partial charge < -0.3 is 5.32 Å². The maximum absolute atomic E-state index is 11.7. The van der Waals surface area contributed by atoms with E-state index in [1.54, 1.807) is 18.2 Å². The second kappa shape index (κ2) is 7.10. The molecule has 0 heterocycles. The normalized spacial score (nSPS) is 12.2. The molecular weight excluding hydrogens is 280 g/mol. The molecule has 0 fully saturated rings. The van der Waals surface area contributed by atoms with Gasteiger partial charge in [0, 0.05) is 11.9 Å². The average molecular weight is 295 g/mol. The van der Waals surface area contributed by atoms with Crippen molar-refractivity contribution >= 4 is 40.7 Å². The standard InChI is InChI=1S/C12H14Cl3NO/c1-8(4-5-13)16-12(17)7-9-2-3-10(14)11(15)6-9/h2-3,6,8H,4-5,7H2,1H3,(H,16,17). The molecule has 1 aromatic carbocycles. The zero-order valence-electron chi connectivity index (χ0n) is 9.47. The van der Waals surface area contributed by atoms with Crippen LogP contribution in [0.4, 0.5) is 0 Å². The van der Waals surface area contributed by atoms with Crippen molar-refractivity contribution in [1.29, 1.82) is 0 Å². The lowest BCUT2D eigenvalue weighted by Crippen LogP contribution is -2.33. The van der Waals surface area contributed by atoms with Gasteiger partial charge in [0.05, 0.1) is 16.5 Å². The van der Waals surface area contributed by atoms with Crippen LogP contribution in [0.5, 0.6) is 0 Å². The molecule has 1 rings (SSSR count). The van der Waals surface area contributed by atoms with E-state index >= 15 is 0 Å². The number of benzene rings is 1. The molecule has 94 valence electrons. The predicted molar refractivity (Wildman–Crippen MR) is 73.1 cm³/mol. The third kappa shape index (κ3) is 5.15. The van der Waals surface area contributed by atoms with E-state index in [-0.39, 0.29) is 11.9 Å². The van der Waals surface area contributed by atoms with Crippen molar-refractivity contribution in [3.63, 3.8) is 0 Å². The number of carbonyl (C=O) groups is 1. The van der Waals surface area contributed by atoms with E-state index in [2.05, 4.69) is 5.32 Å². The molecule has 1 unspecified atom stereocenters. The molecule has 0 saturated carbocycles. The summed E-state index contributed by atoms with van der Waals surface area (Å²) in [5, 5.41) is 3.82. The van der Waals surface area contributed by atoms with Crippen molar-refractivity contribution in [2.75, 3.05) is 5.88 Å². The fraction of sp³-hybridized carbons (Fsp3) is 0.417. The lowest BCUT2D eigenvalue weighted by Gasteiger charge is -2.12. The van der Waals surface area contributed by atoms with Gasteiger partial charge in [-0.1, -0.05) is 29.3 Å². The lowest BCUT2D eigenvalue weighted by atomic mass is 10.1. The van der Waals surface area contributed by atoms with Crippen LogP contribution in [-0.2, 0) is 11.2 Å². The van der Waals surface area contributed by atoms with Crippen LogP contribution in [0, 0.1) is 0 Å². The maximum atomic E-state index is 11.7. The number of nitrogens with one attached hydrogen (secondary N) is 1. The van der Waals surface area contributed by atoms with Crippen LogP contribution in [0.25, 0.3) is 0 Å². The third-order valence-corrected chi connectivity index (χ3v) is 3.26. The van der Waals surface area contributed by atoms with Crippen LogP contribution < -0.4 is 5.32 Å². The number of hydrogen-bond donors (Lipinski definition) is 1. The first-order chi connectivity index (χ1) is 8.02. The molecule has 2 nitrogen and oxygen atoms in total. The quantitative estimate of drug-likeness (QED) is 0.825. The Kier molecular flexibility index (Phi) is 6.10. The van der Waals surface area contributed by atoms with Crippen LogP contribution >= 0.6 is 34.8 Å². The molecule has 0 saturated heterocycles. The largest absolute Gasteiger partial charge is 0.353 e. The van der Waals surface area contributed by atoms with E-state index in [1.807, 2.05) is 6.92 Å². The van der Waals surface area contributed by atoms with Crippen molar-refractivity contribution in [3.8, 4) is 0 Å². The van der Waals surface area contributed by atoms with Gasteiger partial charge in [-0.2, -0.15) is 0 Å². The van der Waals surface area contributed by atoms with Crippen molar-refractivity contribution in [1.82, 2.24) is 5.32 Å². The molecule has 0 aromatic heterocycles. The number of halogens is 3. The van der Waals surface area contributed by atoms with Crippen LogP contribution in [0.1, 0.15) is 18.9 Å². The second-order valence-electron chi connectivity index (χ2n) is 3.87. The zero-order chi connectivity index (χ0) is 12.8. The van der Waals surface area contributed by atoms with Gasteiger partial charge in [-0.25, -0.2) is 0 Å². The van der Waals surface area contributed by atoms with Gasteiger partial charge in [-0.05, 0) is 31.0 Å². The Hall–Kier alpha value is -0.440. The molecule has 0 spiro atoms. The average Bonchev–Trinajstić information content (AvgIpc) is 2.23. The minimum Gasteiger partial charge on any atom is -0.353 e. The summed E-state index contributed by atoms with van der Waals surface area (Å²) in [5.74, 6) is 0.495. The molecule has 1 N–H and O–H groups in total. The second-order valence-corrected chi connectivity index (χ2v) is 5.06. The molecule has 1 atom stereocenters. The van der Waals surface area contributed by atoms with E-state index in [0.717, 1.165) is 12.0 Å². The zero-order valence-corrected chi connectivity index (χ0v) is 11.7. The lowest BCUT2D eigenvalue weighted by molar-refractivity contribution is -0.121. The van der Waals surface area contributed by atoms with E-state index in [1.165, 1.54) is 0 Å². The van der Waals surface area contributed by atoms with E-state index in [9.17, 15) is 4.79 Å². The first kappa shape index (κ1) is 14.6. The topological polar surface area (TPSA) is 29.1 Å². The highest BCUT2D eigenvalue weighted by Crippen LogP contribution is 2.22. The minimum absolute atomic E-state index is 0.0407. The van der Waals surface area contributed by atoms with Crippen LogP contribution in [0.2, 0.25) is 10.0 Å². The van der Waals surface area contributed by atoms with Crippen molar-refractivity contribution in [2.45, 2.75) is 25.8 Å². The molecular formula is C12H14Cl3NO. The van der Waals surface area contributed by atoms with Gasteiger partial charge in [0.1, 0.15) is 0 Å². The Balaban J connectivity index is 2.53. The van der Waals surface area contributed by atoms with Gasteiger partial charge in [-0.15, -0.1) is 11.6 Å². The number of alkyl halides is 1. The first-order valence-corrected chi connectivity index (χ1v) is 6.61. The highest BCUT2D eigenvalue weighted by atomic mass is 35.5. The maximum Gasteiger partial charge on any atom is 0.224 e. The minimum atomic E-state index is -0.0407. The number of amides is 1. The van der Waals surface area contributed by atoms with E-state index in [4.69, 9.17) is 34.8 Å². The molecule has 0 aliphatic carbocycles. The van der Waals surface area contributed by atoms with Gasteiger partial charge in [0.2, 0.25) is 5.91 Å². The van der Waals surface area contributed by atoms with Gasteiger partial charge in [-0.3, -0.25) is 4.79 Å². The van der Waals surface area contributed by atoms with Gasteiger partial charge in [0.15, 0.2) is 0 Å². The van der Waals surface area contributed by atoms with Crippen molar-refractivity contribution in [2.24, 2.45) is 0 Å². The summed E-state index contributed by atoms with van der Waals surface area (Å²) in [7, 11) is 0. The van der Waals surface area contributed by atoms with Gasteiger partial charge in [0.25, 0.3) is 0 Å². The molecule has 0 aliphatic rings. The smallest absolute Gasteiger partial charge is 0.224 e. The summed E-state index contributed by atoms with van der Waals surface area (Å²) in [6.07, 6.45) is 1.05. The number of rotatable bonds is 5. The molecule has 1 amide bonds. The molecule has 1 aromatic rings. The summed E-state index contributed by atoms with van der Waals surface area (Å²) in [4.78, 5) is 11.7. The van der Waals surface area contributed by atoms with Crippen LogP contribution in [0.15, 0.2) is 18.2 Å². The Bertz CT molecular complexity index is 395. The van der Waals surface area contributed by atoms with Gasteiger partial charge >= 0.3 is 0 Å². The van der Waals surface area contributed by atoms with Crippen LogP contribution in [-0.4, -0.2) is 17.8 Å². The Morgan fingerprint density at radius 3 is 2.65 bits per heavy atom. The Labute approximate surface area is 116 Å². The van der Waals surface area contributed by atoms with Crippen molar-refractivity contribution < 1.29 is 4.79 Å². The van der Waals surface area contributed by atoms with E-state index < -0.39 is 0 Å². The number of hydrogen-bond acceptors (Lipinski definition) is 1. The highest BCUT2D eigenvalue weighted by molar-refractivity contribution is 6.42. The Morgan fingerprint density at radius 2 is 2.06 bits per heavy atom. The fourth-order valence-corrected chi connectivity index (χ4v) is 2.04. The van der Waals surface area contributed by atoms with E-state index in [0.29, 0.717) is 22.3 Å². The van der Waals surface area contributed by atoms with Crippen LogP contribution in [0.3, 0.4) is 0 Å².